The summed E-state index contributed by atoms with van der Waals surface area (Å²) in [7, 11) is 0. The predicted octanol–water partition coefficient (Wildman–Crippen LogP) is 1.98. The van der Waals surface area contributed by atoms with Gasteiger partial charge in [0.05, 0.1) is 0 Å². The van der Waals surface area contributed by atoms with Crippen LogP contribution in [0.3, 0.4) is 0 Å². The van der Waals surface area contributed by atoms with Gasteiger partial charge in [0.25, 0.3) is 0 Å². The van der Waals surface area contributed by atoms with Crippen LogP contribution in [0.15, 0.2) is 4.99 Å². The zero-order valence-electron chi connectivity index (χ0n) is 9.95. The lowest BCUT2D eigenvalue weighted by Gasteiger charge is -2.20. The van der Waals surface area contributed by atoms with Crippen molar-refractivity contribution in [2.24, 2.45) is 16.6 Å². The molecular weight excluding hydrogens is 218 g/mol. The maximum atomic E-state index is 5.90. The van der Waals surface area contributed by atoms with Gasteiger partial charge in [0.2, 0.25) is 0 Å². The number of guanidine groups is 1. The summed E-state index contributed by atoms with van der Waals surface area (Å²) >= 11 is 2.06. The normalized spacial score (nSPS) is 24.9. The number of aliphatic imine (C=N–C) groups is 1. The van der Waals surface area contributed by atoms with Crippen LogP contribution in [0.1, 0.15) is 38.5 Å². The molecule has 1 aliphatic heterocycles. The van der Waals surface area contributed by atoms with Gasteiger partial charge in [0.1, 0.15) is 0 Å². The van der Waals surface area contributed by atoms with Crippen molar-refractivity contribution >= 4 is 17.7 Å². The molecule has 0 bridgehead atoms. The molecule has 0 radical (unpaired) electrons. The highest BCUT2D eigenvalue weighted by molar-refractivity contribution is 7.99. The van der Waals surface area contributed by atoms with Crippen LogP contribution in [-0.2, 0) is 0 Å². The van der Waals surface area contributed by atoms with Gasteiger partial charge in [-0.2, -0.15) is 11.8 Å². The molecule has 2 fully saturated rings. The summed E-state index contributed by atoms with van der Waals surface area (Å²) in [4.78, 5) is 4.49. The molecule has 0 aromatic heterocycles. The maximum absolute atomic E-state index is 5.90. The molecule has 3 N–H and O–H groups in total. The van der Waals surface area contributed by atoms with Crippen LogP contribution in [-0.4, -0.2) is 30.1 Å². The number of hydrogen-bond donors (Lipinski definition) is 2. The summed E-state index contributed by atoms with van der Waals surface area (Å²) in [5.41, 5.74) is 5.90. The molecule has 92 valence electrons. The molecule has 0 spiro atoms. The zero-order valence-corrected chi connectivity index (χ0v) is 10.8. The molecule has 1 saturated heterocycles. The number of thioether (sulfide) groups is 1. The van der Waals surface area contributed by atoms with Gasteiger partial charge in [0, 0.05) is 12.6 Å². The topological polar surface area (TPSA) is 50.4 Å². The molecule has 2 aliphatic rings. The van der Waals surface area contributed by atoms with Crippen molar-refractivity contribution in [1.82, 2.24) is 5.32 Å². The Morgan fingerprint density at radius 1 is 1.19 bits per heavy atom. The Morgan fingerprint density at radius 3 is 2.56 bits per heavy atom. The minimum Gasteiger partial charge on any atom is -0.370 e. The lowest BCUT2D eigenvalue weighted by Crippen LogP contribution is -2.39. The van der Waals surface area contributed by atoms with E-state index in [9.17, 15) is 0 Å². The van der Waals surface area contributed by atoms with E-state index in [1.807, 2.05) is 0 Å². The zero-order chi connectivity index (χ0) is 11.2. The quantitative estimate of drug-likeness (QED) is 0.587. The van der Waals surface area contributed by atoms with Crippen LogP contribution in [0.4, 0.5) is 0 Å². The number of nitrogens with one attached hydrogen (secondary N) is 1. The largest absolute Gasteiger partial charge is 0.370 e. The fourth-order valence-corrected chi connectivity index (χ4v) is 3.69. The molecule has 0 aromatic rings. The summed E-state index contributed by atoms with van der Waals surface area (Å²) < 4.78 is 0. The first-order chi connectivity index (χ1) is 7.84. The molecule has 3 nitrogen and oxygen atoms in total. The number of nitrogens with two attached hydrogens (primary N) is 1. The fraction of sp³-hybridized carbons (Fsp3) is 0.917. The van der Waals surface area contributed by atoms with Gasteiger partial charge >= 0.3 is 0 Å². The van der Waals surface area contributed by atoms with E-state index in [1.54, 1.807) is 0 Å². The predicted molar refractivity (Wildman–Crippen MR) is 71.9 cm³/mol. The second kappa shape index (κ2) is 6.38. The monoisotopic (exact) mass is 241 g/mol. The summed E-state index contributed by atoms with van der Waals surface area (Å²) in [6.45, 7) is 0.923. The van der Waals surface area contributed by atoms with Crippen molar-refractivity contribution < 1.29 is 0 Å². The van der Waals surface area contributed by atoms with Crippen molar-refractivity contribution in [2.75, 3.05) is 18.1 Å². The Kier molecular flexibility index (Phi) is 4.82. The first kappa shape index (κ1) is 12.1. The third kappa shape index (κ3) is 3.89. The first-order valence-corrected chi connectivity index (χ1v) is 7.64. The van der Waals surface area contributed by atoms with Crippen LogP contribution < -0.4 is 11.1 Å². The first-order valence-electron chi connectivity index (χ1n) is 6.49. The summed E-state index contributed by atoms with van der Waals surface area (Å²) in [6.07, 6.45) is 7.82. The fourth-order valence-electron chi connectivity index (χ4n) is 2.48. The van der Waals surface area contributed by atoms with Gasteiger partial charge in [0.15, 0.2) is 5.96 Å². The lowest BCUT2D eigenvalue weighted by molar-refractivity contribution is 0.501. The van der Waals surface area contributed by atoms with Crippen LogP contribution in [0, 0.1) is 5.92 Å². The van der Waals surface area contributed by atoms with Gasteiger partial charge in [-0.3, -0.25) is 4.99 Å². The Labute approximate surface area is 103 Å². The SMILES string of the molecule is NC(=NCC1CCSCC1)NC1CCCC1. The molecule has 0 unspecified atom stereocenters. The van der Waals surface area contributed by atoms with Crippen molar-refractivity contribution in [3.63, 3.8) is 0 Å². The standard InChI is InChI=1S/C12H23N3S/c13-12(15-11-3-1-2-4-11)14-9-10-5-7-16-8-6-10/h10-11H,1-9H2,(H3,13,14,15). The van der Waals surface area contributed by atoms with E-state index in [0.29, 0.717) is 12.0 Å². The molecule has 0 aromatic carbocycles. The van der Waals surface area contributed by atoms with E-state index in [4.69, 9.17) is 5.73 Å². The van der Waals surface area contributed by atoms with E-state index in [2.05, 4.69) is 22.1 Å². The minimum absolute atomic E-state index is 0.589. The summed E-state index contributed by atoms with van der Waals surface area (Å²) in [6, 6.07) is 0.589. The second-order valence-electron chi connectivity index (χ2n) is 4.91. The van der Waals surface area contributed by atoms with Crippen LogP contribution in [0.2, 0.25) is 0 Å². The van der Waals surface area contributed by atoms with Crippen LogP contribution in [0.5, 0.6) is 0 Å². The van der Waals surface area contributed by atoms with E-state index in [-0.39, 0.29) is 0 Å². The van der Waals surface area contributed by atoms with Crippen molar-refractivity contribution in [3.05, 3.63) is 0 Å². The van der Waals surface area contributed by atoms with Gasteiger partial charge in [-0.25, -0.2) is 0 Å². The molecule has 0 atom stereocenters. The second-order valence-corrected chi connectivity index (χ2v) is 6.13. The summed E-state index contributed by atoms with van der Waals surface area (Å²) in [5, 5.41) is 3.34. The average molecular weight is 241 g/mol. The van der Waals surface area contributed by atoms with Crippen molar-refractivity contribution in [1.29, 1.82) is 0 Å². The van der Waals surface area contributed by atoms with E-state index >= 15 is 0 Å². The molecular formula is C12H23N3S. The molecule has 16 heavy (non-hydrogen) atoms. The minimum atomic E-state index is 0.589. The van der Waals surface area contributed by atoms with Gasteiger partial charge in [-0.1, -0.05) is 12.8 Å². The van der Waals surface area contributed by atoms with Crippen molar-refractivity contribution in [2.45, 2.75) is 44.6 Å². The van der Waals surface area contributed by atoms with Crippen LogP contribution >= 0.6 is 11.8 Å². The van der Waals surface area contributed by atoms with Gasteiger partial charge in [-0.05, 0) is 43.1 Å². The molecule has 1 aliphatic carbocycles. The van der Waals surface area contributed by atoms with E-state index in [0.717, 1.165) is 12.5 Å². The molecule has 0 amide bonds. The third-order valence-corrected chi connectivity index (χ3v) is 4.62. The molecule has 2 rings (SSSR count). The molecule has 4 heteroatoms. The molecule has 1 saturated carbocycles. The average Bonchev–Trinajstić information content (AvgIpc) is 2.81. The molecule has 1 heterocycles. The number of rotatable bonds is 3. The van der Waals surface area contributed by atoms with Gasteiger partial charge < -0.3 is 11.1 Å². The highest BCUT2D eigenvalue weighted by atomic mass is 32.2. The van der Waals surface area contributed by atoms with Crippen LogP contribution in [0.25, 0.3) is 0 Å². The lowest BCUT2D eigenvalue weighted by atomic mass is 10.0. The maximum Gasteiger partial charge on any atom is 0.188 e. The highest BCUT2D eigenvalue weighted by Crippen LogP contribution is 2.22. The smallest absolute Gasteiger partial charge is 0.188 e. The Hall–Kier alpha value is -0.380. The highest BCUT2D eigenvalue weighted by Gasteiger charge is 2.16. The number of hydrogen-bond acceptors (Lipinski definition) is 2. The van der Waals surface area contributed by atoms with Gasteiger partial charge in [-0.15, -0.1) is 0 Å². The Balaban J connectivity index is 1.68. The Bertz CT molecular complexity index is 230. The number of nitrogens with zero attached hydrogens (tertiary/aromatic N) is 1. The summed E-state index contributed by atoms with van der Waals surface area (Å²) in [5.74, 6) is 4.04. The van der Waals surface area contributed by atoms with Crippen molar-refractivity contribution in [3.8, 4) is 0 Å². The van der Waals surface area contributed by atoms with E-state index < -0.39 is 0 Å². The Morgan fingerprint density at radius 2 is 1.88 bits per heavy atom. The third-order valence-electron chi connectivity index (χ3n) is 3.57. The van der Waals surface area contributed by atoms with E-state index in [1.165, 1.54) is 50.0 Å².